The zero-order valence-electron chi connectivity index (χ0n) is 9.47. The number of carbonyl (C=O) groups excluding carboxylic acids is 1. The zero-order chi connectivity index (χ0) is 11.8. The van der Waals surface area contributed by atoms with Crippen LogP contribution in [0.1, 0.15) is 26.7 Å². The quantitative estimate of drug-likeness (QED) is 0.311. The Balaban J connectivity index is 2.18. The van der Waals surface area contributed by atoms with Crippen LogP contribution in [0.4, 0.5) is 0 Å². The molecule has 2 saturated heterocycles. The van der Waals surface area contributed by atoms with Crippen molar-refractivity contribution in [1.29, 1.82) is 0 Å². The molecular weight excluding hydrogens is 210 g/mol. The van der Waals surface area contributed by atoms with Crippen molar-refractivity contribution < 1.29 is 14.3 Å². The number of cyclic esters (lactones) is 1. The highest BCUT2D eigenvalue weighted by atomic mass is 16.6. The van der Waals surface area contributed by atoms with Crippen LogP contribution in [-0.2, 0) is 14.3 Å². The molecule has 2 heterocycles. The first-order valence-electron chi connectivity index (χ1n) is 5.32. The van der Waals surface area contributed by atoms with Crippen LogP contribution in [0.5, 0.6) is 0 Å². The second kappa shape index (κ2) is 3.64. The first-order valence-corrected chi connectivity index (χ1v) is 5.32. The summed E-state index contributed by atoms with van der Waals surface area (Å²) in [4.78, 5) is 14.1. The molecule has 1 spiro atoms. The highest BCUT2D eigenvalue weighted by Gasteiger charge is 2.55. The van der Waals surface area contributed by atoms with Gasteiger partial charge in [-0.25, -0.2) is 0 Å². The molecule has 2 fully saturated rings. The fourth-order valence-corrected chi connectivity index (χ4v) is 2.68. The topological polar surface area (TPSA) is 84.3 Å². The molecule has 0 aliphatic carbocycles. The molecule has 0 N–H and O–H groups in total. The molecule has 0 amide bonds. The van der Waals surface area contributed by atoms with Gasteiger partial charge in [-0.2, -0.15) is 0 Å². The Morgan fingerprint density at radius 3 is 2.94 bits per heavy atom. The number of hydrogen-bond acceptors (Lipinski definition) is 4. The predicted octanol–water partition coefficient (Wildman–Crippen LogP) is 1.80. The molecule has 0 radical (unpaired) electrons. The fourth-order valence-electron chi connectivity index (χ4n) is 2.68. The first kappa shape index (κ1) is 11.2. The van der Waals surface area contributed by atoms with Crippen molar-refractivity contribution >= 4 is 5.97 Å². The van der Waals surface area contributed by atoms with E-state index in [1.54, 1.807) is 0 Å². The molecule has 0 aromatic rings. The van der Waals surface area contributed by atoms with Crippen LogP contribution in [0.3, 0.4) is 0 Å². The maximum atomic E-state index is 11.4. The second-order valence-corrected chi connectivity index (χ2v) is 5.16. The maximum Gasteiger partial charge on any atom is 0.306 e. The second-order valence-electron chi connectivity index (χ2n) is 5.16. The van der Waals surface area contributed by atoms with Gasteiger partial charge in [0.1, 0.15) is 6.10 Å². The van der Waals surface area contributed by atoms with Gasteiger partial charge in [0.15, 0.2) is 0 Å². The third-order valence-electron chi connectivity index (χ3n) is 3.29. The van der Waals surface area contributed by atoms with Crippen LogP contribution >= 0.6 is 0 Å². The molecule has 2 aliphatic heterocycles. The van der Waals surface area contributed by atoms with Gasteiger partial charge < -0.3 is 9.47 Å². The summed E-state index contributed by atoms with van der Waals surface area (Å²) in [5.74, 6) is -0.223. The Morgan fingerprint density at radius 1 is 1.62 bits per heavy atom. The number of rotatable bonds is 2. The van der Waals surface area contributed by atoms with Gasteiger partial charge in [-0.1, -0.05) is 5.11 Å². The van der Waals surface area contributed by atoms with E-state index in [1.165, 1.54) is 0 Å². The average Bonchev–Trinajstić information content (AvgIpc) is 2.64. The summed E-state index contributed by atoms with van der Waals surface area (Å²) in [7, 11) is 0. The van der Waals surface area contributed by atoms with Crippen LogP contribution in [0.2, 0.25) is 0 Å². The lowest BCUT2D eigenvalue weighted by molar-refractivity contribution is -0.141. The van der Waals surface area contributed by atoms with Crippen molar-refractivity contribution in [2.24, 2.45) is 10.5 Å². The lowest BCUT2D eigenvalue weighted by atomic mass is 9.76. The van der Waals surface area contributed by atoms with E-state index in [9.17, 15) is 4.79 Å². The third kappa shape index (κ3) is 1.86. The number of esters is 1. The molecule has 2 rings (SSSR count). The molecule has 16 heavy (non-hydrogen) atoms. The monoisotopic (exact) mass is 225 g/mol. The van der Waals surface area contributed by atoms with Crippen LogP contribution in [-0.4, -0.2) is 30.8 Å². The van der Waals surface area contributed by atoms with Gasteiger partial charge in [-0.05, 0) is 25.8 Å². The largest absolute Gasteiger partial charge is 0.461 e. The van der Waals surface area contributed by atoms with Gasteiger partial charge >= 0.3 is 5.97 Å². The molecule has 2 unspecified atom stereocenters. The summed E-state index contributed by atoms with van der Waals surface area (Å²) >= 11 is 0. The third-order valence-corrected chi connectivity index (χ3v) is 3.29. The summed E-state index contributed by atoms with van der Waals surface area (Å²) in [5.41, 5.74) is 7.78. The molecule has 6 nitrogen and oxygen atoms in total. The standard InChI is InChI=1S/C10H15N3O3/c1-9(2)5-10(6-15-9)3-8(14)16-7(10)4-12-13-11/h7H,3-6H2,1-2H3. The molecule has 0 aromatic heterocycles. The van der Waals surface area contributed by atoms with E-state index in [-0.39, 0.29) is 29.6 Å². The van der Waals surface area contributed by atoms with Gasteiger partial charge in [-0.3, -0.25) is 4.79 Å². The number of nitrogens with zero attached hydrogens (tertiary/aromatic N) is 3. The van der Waals surface area contributed by atoms with Crippen LogP contribution in [0, 0.1) is 5.41 Å². The summed E-state index contributed by atoms with van der Waals surface area (Å²) in [6.45, 7) is 4.68. The molecule has 88 valence electrons. The van der Waals surface area contributed by atoms with E-state index in [4.69, 9.17) is 15.0 Å². The Labute approximate surface area is 93.5 Å². The molecular formula is C10H15N3O3. The Bertz CT molecular complexity index is 362. The predicted molar refractivity (Wildman–Crippen MR) is 55.6 cm³/mol. The van der Waals surface area contributed by atoms with E-state index < -0.39 is 0 Å². The SMILES string of the molecule is CC1(C)CC2(CO1)CC(=O)OC2CN=[N+]=[N-]. The van der Waals surface area contributed by atoms with Crippen molar-refractivity contribution in [2.75, 3.05) is 13.2 Å². The van der Waals surface area contributed by atoms with E-state index in [0.29, 0.717) is 13.0 Å². The Kier molecular flexibility index (Phi) is 2.56. The summed E-state index contributed by atoms with van der Waals surface area (Å²) in [5, 5.41) is 3.50. The number of carbonyl (C=O) groups is 1. The van der Waals surface area contributed by atoms with Crippen molar-refractivity contribution in [2.45, 2.75) is 38.4 Å². The van der Waals surface area contributed by atoms with E-state index in [1.807, 2.05) is 13.8 Å². The lowest BCUT2D eigenvalue weighted by Gasteiger charge is -2.26. The van der Waals surface area contributed by atoms with E-state index in [0.717, 1.165) is 6.42 Å². The van der Waals surface area contributed by atoms with Crippen molar-refractivity contribution in [3.8, 4) is 0 Å². The van der Waals surface area contributed by atoms with Crippen molar-refractivity contribution in [3.05, 3.63) is 10.4 Å². The minimum atomic E-state index is -0.335. The Hall–Kier alpha value is -1.26. The van der Waals surface area contributed by atoms with Gasteiger partial charge in [0.05, 0.1) is 25.2 Å². The lowest BCUT2D eigenvalue weighted by Crippen LogP contribution is -2.34. The van der Waals surface area contributed by atoms with Crippen LogP contribution < -0.4 is 0 Å². The maximum absolute atomic E-state index is 11.4. The molecule has 2 aliphatic rings. The summed E-state index contributed by atoms with van der Waals surface area (Å²) in [6.07, 6.45) is 0.789. The van der Waals surface area contributed by atoms with Gasteiger partial charge in [0.2, 0.25) is 0 Å². The summed E-state index contributed by atoms with van der Waals surface area (Å²) in [6, 6.07) is 0. The molecule has 2 atom stereocenters. The minimum Gasteiger partial charge on any atom is -0.461 e. The van der Waals surface area contributed by atoms with Gasteiger partial charge in [-0.15, -0.1) is 0 Å². The number of hydrogen-bond donors (Lipinski definition) is 0. The van der Waals surface area contributed by atoms with Crippen LogP contribution in [0.15, 0.2) is 5.11 Å². The Morgan fingerprint density at radius 2 is 2.38 bits per heavy atom. The summed E-state index contributed by atoms with van der Waals surface area (Å²) < 4.78 is 10.9. The number of azide groups is 1. The van der Waals surface area contributed by atoms with E-state index in [2.05, 4.69) is 10.0 Å². The molecule has 6 heteroatoms. The highest BCUT2D eigenvalue weighted by molar-refractivity contribution is 5.73. The van der Waals surface area contributed by atoms with Crippen LogP contribution in [0.25, 0.3) is 10.4 Å². The minimum absolute atomic E-state index is 0.196. The smallest absolute Gasteiger partial charge is 0.306 e. The van der Waals surface area contributed by atoms with Crippen molar-refractivity contribution in [3.63, 3.8) is 0 Å². The molecule has 0 aromatic carbocycles. The first-order chi connectivity index (χ1) is 7.47. The van der Waals surface area contributed by atoms with Gasteiger partial charge in [0, 0.05) is 10.3 Å². The molecule has 0 saturated carbocycles. The average molecular weight is 225 g/mol. The fraction of sp³-hybridized carbons (Fsp3) is 0.900. The van der Waals surface area contributed by atoms with E-state index >= 15 is 0 Å². The highest BCUT2D eigenvalue weighted by Crippen LogP contribution is 2.48. The normalized spacial score (nSPS) is 36.1. The zero-order valence-corrected chi connectivity index (χ0v) is 9.47. The molecule has 0 bridgehead atoms. The van der Waals surface area contributed by atoms with Gasteiger partial charge in [0.25, 0.3) is 0 Å². The van der Waals surface area contributed by atoms with Crippen molar-refractivity contribution in [1.82, 2.24) is 0 Å². The number of ether oxygens (including phenoxy) is 2.